The van der Waals surface area contributed by atoms with Crippen LogP contribution in [0.1, 0.15) is 26.5 Å². The molecule has 3 nitrogen and oxygen atoms in total. The van der Waals surface area contributed by atoms with Gasteiger partial charge in [0.05, 0.1) is 11.4 Å². The van der Waals surface area contributed by atoms with Gasteiger partial charge in [-0.1, -0.05) is 32.9 Å². The van der Waals surface area contributed by atoms with Crippen LogP contribution in [-0.4, -0.2) is 9.78 Å². The maximum Gasteiger partial charge on any atom is 0.115 e. The molecule has 1 heterocycles. The van der Waals surface area contributed by atoms with E-state index in [0.717, 1.165) is 16.6 Å². The highest BCUT2D eigenvalue weighted by atomic mass is 15.3. The van der Waals surface area contributed by atoms with Gasteiger partial charge in [-0.15, -0.1) is 0 Å². The van der Waals surface area contributed by atoms with Gasteiger partial charge in [-0.2, -0.15) is 5.10 Å². The van der Waals surface area contributed by atoms with Crippen molar-refractivity contribution < 1.29 is 0 Å². The second-order valence-electron chi connectivity index (χ2n) is 4.97. The number of hydrogen-bond acceptors (Lipinski definition) is 2. The molecule has 0 aliphatic rings. The number of aryl methyl sites for hydroxylation is 1. The molecule has 15 heavy (non-hydrogen) atoms. The molecule has 2 aromatic rings. The SMILES string of the molecule is Cn1nc2c(N)cccc2c1C(C)(C)C. The summed E-state index contributed by atoms with van der Waals surface area (Å²) in [7, 11) is 1.97. The van der Waals surface area contributed by atoms with Crippen LogP contribution in [-0.2, 0) is 12.5 Å². The minimum atomic E-state index is 0.0806. The number of nitrogen functional groups attached to an aromatic ring is 1. The Bertz CT molecular complexity index is 503. The van der Waals surface area contributed by atoms with Crippen molar-refractivity contribution in [2.75, 3.05) is 5.73 Å². The first-order chi connectivity index (χ1) is 6.91. The average molecular weight is 203 g/mol. The molecule has 0 fully saturated rings. The highest BCUT2D eigenvalue weighted by Gasteiger charge is 2.22. The summed E-state index contributed by atoms with van der Waals surface area (Å²) in [5, 5.41) is 5.63. The molecule has 2 N–H and O–H groups in total. The van der Waals surface area contributed by atoms with Gasteiger partial charge in [-0.3, -0.25) is 4.68 Å². The largest absolute Gasteiger partial charge is 0.397 e. The molecular formula is C12H17N3. The third-order valence-electron chi connectivity index (χ3n) is 2.61. The molecule has 0 saturated carbocycles. The molecule has 0 unspecified atom stereocenters. The average Bonchev–Trinajstić information content (AvgIpc) is 2.41. The standard InChI is InChI=1S/C12H17N3/c1-12(2,3)11-8-6-5-7-9(13)10(8)14-15(11)4/h5-7H,13H2,1-4H3. The van der Waals surface area contributed by atoms with E-state index in [1.165, 1.54) is 5.69 Å². The van der Waals surface area contributed by atoms with Crippen molar-refractivity contribution in [3.63, 3.8) is 0 Å². The highest BCUT2D eigenvalue weighted by molar-refractivity contribution is 5.91. The summed E-state index contributed by atoms with van der Waals surface area (Å²) in [6.07, 6.45) is 0. The van der Waals surface area contributed by atoms with Crippen LogP contribution >= 0.6 is 0 Å². The first-order valence-corrected chi connectivity index (χ1v) is 5.13. The minimum Gasteiger partial charge on any atom is -0.397 e. The number of anilines is 1. The summed E-state index contributed by atoms with van der Waals surface area (Å²) in [5.41, 5.74) is 8.87. The Morgan fingerprint density at radius 1 is 1.27 bits per heavy atom. The Labute approximate surface area is 89.9 Å². The topological polar surface area (TPSA) is 43.8 Å². The van der Waals surface area contributed by atoms with E-state index < -0.39 is 0 Å². The fourth-order valence-electron chi connectivity index (χ4n) is 2.13. The summed E-state index contributed by atoms with van der Waals surface area (Å²) in [6.45, 7) is 6.56. The molecule has 0 spiro atoms. The van der Waals surface area contributed by atoms with E-state index in [0.29, 0.717) is 0 Å². The van der Waals surface area contributed by atoms with Crippen LogP contribution in [0.2, 0.25) is 0 Å². The number of aromatic nitrogens is 2. The van der Waals surface area contributed by atoms with E-state index in [4.69, 9.17) is 5.73 Å². The summed E-state index contributed by atoms with van der Waals surface area (Å²) in [5.74, 6) is 0. The summed E-state index contributed by atoms with van der Waals surface area (Å²) in [6, 6.07) is 5.95. The van der Waals surface area contributed by atoms with Crippen LogP contribution in [0.25, 0.3) is 10.9 Å². The van der Waals surface area contributed by atoms with Crippen molar-refractivity contribution in [2.24, 2.45) is 7.05 Å². The molecule has 0 radical (unpaired) electrons. The first-order valence-electron chi connectivity index (χ1n) is 5.13. The van der Waals surface area contributed by atoms with Crippen LogP contribution < -0.4 is 5.73 Å². The van der Waals surface area contributed by atoms with Gasteiger partial charge in [-0.05, 0) is 6.07 Å². The Kier molecular flexibility index (Phi) is 2.00. The van der Waals surface area contributed by atoms with Crippen LogP contribution in [0.3, 0.4) is 0 Å². The minimum absolute atomic E-state index is 0.0806. The van der Waals surface area contributed by atoms with Gasteiger partial charge in [0.1, 0.15) is 5.52 Å². The summed E-state index contributed by atoms with van der Waals surface area (Å²) >= 11 is 0. The molecule has 1 aromatic heterocycles. The van der Waals surface area contributed by atoms with Crippen molar-refractivity contribution in [3.05, 3.63) is 23.9 Å². The second kappa shape index (κ2) is 2.99. The maximum absolute atomic E-state index is 5.91. The van der Waals surface area contributed by atoms with E-state index in [-0.39, 0.29) is 5.41 Å². The normalized spacial score (nSPS) is 12.3. The van der Waals surface area contributed by atoms with Crippen molar-refractivity contribution in [2.45, 2.75) is 26.2 Å². The Hall–Kier alpha value is -1.51. The van der Waals surface area contributed by atoms with Crippen LogP contribution in [0.5, 0.6) is 0 Å². The number of rotatable bonds is 0. The predicted molar refractivity (Wildman–Crippen MR) is 63.8 cm³/mol. The van der Waals surface area contributed by atoms with Crippen molar-refractivity contribution >= 4 is 16.6 Å². The van der Waals surface area contributed by atoms with Crippen LogP contribution in [0.4, 0.5) is 5.69 Å². The zero-order chi connectivity index (χ0) is 11.2. The molecule has 0 atom stereocenters. The molecule has 1 aromatic carbocycles. The van der Waals surface area contributed by atoms with E-state index >= 15 is 0 Å². The highest BCUT2D eigenvalue weighted by Crippen LogP contribution is 2.31. The number of hydrogen-bond donors (Lipinski definition) is 1. The van der Waals surface area contributed by atoms with E-state index in [9.17, 15) is 0 Å². The Balaban J connectivity index is 2.86. The molecule has 3 heteroatoms. The van der Waals surface area contributed by atoms with Gasteiger partial charge in [0.15, 0.2) is 0 Å². The maximum atomic E-state index is 5.91. The molecule has 0 amide bonds. The monoisotopic (exact) mass is 203 g/mol. The lowest BCUT2D eigenvalue weighted by atomic mass is 9.89. The smallest absolute Gasteiger partial charge is 0.115 e. The Morgan fingerprint density at radius 3 is 2.53 bits per heavy atom. The van der Waals surface area contributed by atoms with Gasteiger partial charge in [-0.25, -0.2) is 0 Å². The summed E-state index contributed by atoms with van der Waals surface area (Å²) in [4.78, 5) is 0. The molecule has 0 aliphatic carbocycles. The van der Waals surface area contributed by atoms with Gasteiger partial charge in [0, 0.05) is 17.8 Å². The van der Waals surface area contributed by atoms with E-state index in [1.807, 2.05) is 23.9 Å². The predicted octanol–water partition coefficient (Wildman–Crippen LogP) is 2.45. The van der Waals surface area contributed by atoms with Crippen LogP contribution in [0, 0.1) is 0 Å². The van der Waals surface area contributed by atoms with Gasteiger partial charge >= 0.3 is 0 Å². The Morgan fingerprint density at radius 2 is 1.93 bits per heavy atom. The van der Waals surface area contributed by atoms with Gasteiger partial charge in [0.2, 0.25) is 0 Å². The van der Waals surface area contributed by atoms with Crippen molar-refractivity contribution in [1.29, 1.82) is 0 Å². The van der Waals surface area contributed by atoms with Crippen LogP contribution in [0.15, 0.2) is 18.2 Å². The summed E-state index contributed by atoms with van der Waals surface area (Å²) < 4.78 is 1.93. The number of benzene rings is 1. The molecule has 2 rings (SSSR count). The van der Waals surface area contributed by atoms with E-state index in [1.54, 1.807) is 0 Å². The lowest BCUT2D eigenvalue weighted by molar-refractivity contribution is 0.528. The molecule has 0 saturated heterocycles. The zero-order valence-corrected chi connectivity index (χ0v) is 9.70. The number of fused-ring (bicyclic) bond motifs is 1. The lowest BCUT2D eigenvalue weighted by Crippen LogP contribution is -2.16. The number of nitrogens with zero attached hydrogens (tertiary/aromatic N) is 2. The van der Waals surface area contributed by atoms with E-state index in [2.05, 4.69) is 31.9 Å². The van der Waals surface area contributed by atoms with Crippen molar-refractivity contribution in [1.82, 2.24) is 9.78 Å². The van der Waals surface area contributed by atoms with Crippen molar-refractivity contribution in [3.8, 4) is 0 Å². The third-order valence-corrected chi connectivity index (χ3v) is 2.61. The zero-order valence-electron chi connectivity index (χ0n) is 9.70. The first kappa shape index (κ1) is 10.0. The molecule has 0 bridgehead atoms. The second-order valence-corrected chi connectivity index (χ2v) is 4.97. The molecular weight excluding hydrogens is 186 g/mol. The molecule has 80 valence electrons. The fraction of sp³-hybridized carbons (Fsp3) is 0.417. The van der Waals surface area contributed by atoms with Gasteiger partial charge in [0.25, 0.3) is 0 Å². The third kappa shape index (κ3) is 1.48. The van der Waals surface area contributed by atoms with Gasteiger partial charge < -0.3 is 5.73 Å². The quantitative estimate of drug-likeness (QED) is 0.668. The molecule has 0 aliphatic heterocycles. The lowest BCUT2D eigenvalue weighted by Gasteiger charge is -2.19. The fourth-order valence-corrected chi connectivity index (χ4v) is 2.13. The number of nitrogens with two attached hydrogens (primary N) is 1.